The topological polar surface area (TPSA) is 64.6 Å². The van der Waals surface area contributed by atoms with E-state index in [9.17, 15) is 0 Å². The van der Waals surface area contributed by atoms with Crippen LogP contribution in [0.15, 0.2) is 4.99 Å². The van der Waals surface area contributed by atoms with Crippen LogP contribution in [0.2, 0.25) is 0 Å². The predicted octanol–water partition coefficient (Wildman–Crippen LogP) is 1.50. The summed E-state index contributed by atoms with van der Waals surface area (Å²) < 4.78 is 22.1. The maximum Gasteiger partial charge on any atom is 0.194 e. The minimum atomic E-state index is 0. The summed E-state index contributed by atoms with van der Waals surface area (Å²) in [6.07, 6.45) is 3.55. The maximum absolute atomic E-state index is 5.92. The highest BCUT2D eigenvalue weighted by molar-refractivity contribution is 14.0. The molecule has 0 spiro atoms. The van der Waals surface area contributed by atoms with Crippen LogP contribution in [-0.4, -0.2) is 89.4 Å². The Morgan fingerprint density at radius 2 is 2.04 bits per heavy atom. The molecule has 2 aliphatic rings. The van der Waals surface area contributed by atoms with E-state index in [2.05, 4.69) is 17.1 Å². The molecule has 148 valence electrons. The number of halogens is 1. The predicted molar refractivity (Wildman–Crippen MR) is 109 cm³/mol. The van der Waals surface area contributed by atoms with Crippen LogP contribution in [0, 0.1) is 0 Å². The van der Waals surface area contributed by atoms with Gasteiger partial charge in [0, 0.05) is 46.5 Å². The third-order valence-electron chi connectivity index (χ3n) is 4.25. The Balaban J connectivity index is 0.00000312. The molecule has 8 heteroatoms. The minimum absolute atomic E-state index is 0. The monoisotopic (exact) mass is 471 g/mol. The van der Waals surface area contributed by atoms with E-state index in [0.717, 1.165) is 64.6 Å². The molecule has 1 N–H and O–H groups in total. The van der Waals surface area contributed by atoms with Crippen LogP contribution >= 0.6 is 24.0 Å². The van der Waals surface area contributed by atoms with Crippen molar-refractivity contribution < 1.29 is 18.9 Å². The third-order valence-corrected chi connectivity index (χ3v) is 4.25. The van der Waals surface area contributed by atoms with Gasteiger partial charge in [-0.25, -0.2) is 0 Å². The third kappa shape index (κ3) is 8.38. The highest BCUT2D eigenvalue weighted by Crippen LogP contribution is 2.21. The lowest BCUT2D eigenvalue weighted by Crippen LogP contribution is -2.53. The maximum atomic E-state index is 5.92. The van der Waals surface area contributed by atoms with E-state index in [-0.39, 0.29) is 36.2 Å². The van der Waals surface area contributed by atoms with Crippen molar-refractivity contribution in [3.63, 3.8) is 0 Å². The molecule has 25 heavy (non-hydrogen) atoms. The number of nitrogens with one attached hydrogen (secondary N) is 1. The van der Waals surface area contributed by atoms with E-state index in [4.69, 9.17) is 23.9 Å². The molecule has 7 nitrogen and oxygen atoms in total. The summed E-state index contributed by atoms with van der Waals surface area (Å²) in [6.45, 7) is 9.05. The molecular formula is C17H34IN3O4. The Morgan fingerprint density at radius 1 is 1.20 bits per heavy atom. The molecular weight excluding hydrogens is 437 g/mol. The van der Waals surface area contributed by atoms with Crippen molar-refractivity contribution in [3.05, 3.63) is 0 Å². The van der Waals surface area contributed by atoms with Crippen LogP contribution in [0.1, 0.15) is 26.2 Å². The van der Waals surface area contributed by atoms with E-state index >= 15 is 0 Å². The molecule has 0 aromatic rings. The van der Waals surface area contributed by atoms with Gasteiger partial charge in [-0.3, -0.25) is 4.99 Å². The second kappa shape index (κ2) is 14.0. The fourth-order valence-electron chi connectivity index (χ4n) is 3.01. The first-order chi connectivity index (χ1) is 11.8. The van der Waals surface area contributed by atoms with Gasteiger partial charge in [0.25, 0.3) is 0 Å². The van der Waals surface area contributed by atoms with Crippen LogP contribution < -0.4 is 5.32 Å². The fourth-order valence-corrected chi connectivity index (χ4v) is 3.01. The first-order valence-electron chi connectivity index (χ1n) is 9.18. The van der Waals surface area contributed by atoms with E-state index in [1.807, 2.05) is 0 Å². The number of hydrogen-bond acceptors (Lipinski definition) is 5. The standard InChI is InChI=1S/C17H33N3O4.HI/c1-3-18-17(19-7-5-9-22-13-12-21-2)20-8-11-24-16(14-20)15-6-4-10-23-15;/h15-16H,3-14H2,1-2H3,(H,18,19);1H. The molecule has 0 aromatic carbocycles. The number of aliphatic imine (C=N–C) groups is 1. The minimum Gasteiger partial charge on any atom is -0.382 e. The zero-order valence-corrected chi connectivity index (χ0v) is 17.9. The summed E-state index contributed by atoms with van der Waals surface area (Å²) in [5.41, 5.74) is 0. The van der Waals surface area contributed by atoms with Crippen LogP contribution in [0.3, 0.4) is 0 Å². The van der Waals surface area contributed by atoms with E-state index < -0.39 is 0 Å². The summed E-state index contributed by atoms with van der Waals surface area (Å²) in [7, 11) is 1.68. The average Bonchev–Trinajstić information content (AvgIpc) is 3.15. The second-order valence-electron chi connectivity index (χ2n) is 6.10. The highest BCUT2D eigenvalue weighted by atomic mass is 127. The van der Waals surface area contributed by atoms with Crippen molar-refractivity contribution in [1.82, 2.24) is 10.2 Å². The van der Waals surface area contributed by atoms with E-state index in [1.54, 1.807) is 7.11 Å². The molecule has 0 aromatic heterocycles. The lowest BCUT2D eigenvalue weighted by molar-refractivity contribution is -0.0817. The summed E-state index contributed by atoms with van der Waals surface area (Å²) >= 11 is 0. The largest absolute Gasteiger partial charge is 0.382 e. The zero-order chi connectivity index (χ0) is 17.0. The average molecular weight is 471 g/mol. The van der Waals surface area contributed by atoms with Crippen LogP contribution in [0.4, 0.5) is 0 Å². The number of morpholine rings is 1. The van der Waals surface area contributed by atoms with Crippen LogP contribution in [0.25, 0.3) is 0 Å². The first-order valence-corrected chi connectivity index (χ1v) is 9.18. The van der Waals surface area contributed by atoms with Crippen molar-refractivity contribution in [2.45, 2.75) is 38.4 Å². The summed E-state index contributed by atoms with van der Waals surface area (Å²) in [5.74, 6) is 0.973. The van der Waals surface area contributed by atoms with Crippen molar-refractivity contribution in [2.24, 2.45) is 4.99 Å². The molecule has 0 radical (unpaired) electrons. The first kappa shape index (κ1) is 22.9. The number of ether oxygens (including phenoxy) is 4. The van der Waals surface area contributed by atoms with Gasteiger partial charge in [-0.15, -0.1) is 24.0 Å². The van der Waals surface area contributed by atoms with Crippen molar-refractivity contribution in [1.29, 1.82) is 0 Å². The Morgan fingerprint density at radius 3 is 2.76 bits per heavy atom. The van der Waals surface area contributed by atoms with Gasteiger partial charge >= 0.3 is 0 Å². The molecule has 0 amide bonds. The SMILES string of the molecule is CCNC(=NCCCOCCOC)N1CCOC(C2CCCO2)C1.I. The molecule has 2 unspecified atom stereocenters. The molecule has 0 aliphatic carbocycles. The van der Waals surface area contributed by atoms with Gasteiger partial charge in [-0.1, -0.05) is 0 Å². The number of hydrogen-bond donors (Lipinski definition) is 1. The zero-order valence-electron chi connectivity index (χ0n) is 15.6. The number of guanidine groups is 1. The van der Waals surface area contributed by atoms with Gasteiger partial charge in [-0.2, -0.15) is 0 Å². The molecule has 0 bridgehead atoms. The van der Waals surface area contributed by atoms with Crippen molar-refractivity contribution in [2.75, 3.05) is 66.3 Å². The Labute approximate surface area is 168 Å². The molecule has 2 aliphatic heterocycles. The Kier molecular flexibility index (Phi) is 12.8. The molecule has 2 saturated heterocycles. The normalized spacial score (nSPS) is 24.2. The van der Waals surface area contributed by atoms with Gasteiger partial charge in [0.05, 0.1) is 25.9 Å². The summed E-state index contributed by atoms with van der Waals surface area (Å²) in [5, 5.41) is 3.39. The number of rotatable bonds is 9. The van der Waals surface area contributed by atoms with Crippen molar-refractivity contribution >= 4 is 29.9 Å². The lowest BCUT2D eigenvalue weighted by atomic mass is 10.1. The Hall–Kier alpha value is -0.160. The smallest absolute Gasteiger partial charge is 0.194 e. The quantitative estimate of drug-likeness (QED) is 0.238. The van der Waals surface area contributed by atoms with Crippen LogP contribution in [0.5, 0.6) is 0 Å². The number of nitrogens with zero attached hydrogens (tertiary/aromatic N) is 2. The van der Waals surface area contributed by atoms with Gasteiger partial charge in [0.15, 0.2) is 5.96 Å². The molecule has 0 saturated carbocycles. The van der Waals surface area contributed by atoms with Gasteiger partial charge in [0.2, 0.25) is 0 Å². The van der Waals surface area contributed by atoms with Gasteiger partial charge in [-0.05, 0) is 26.2 Å². The number of methoxy groups -OCH3 is 1. The summed E-state index contributed by atoms with van der Waals surface area (Å²) in [4.78, 5) is 7.04. The Bertz CT molecular complexity index is 368. The molecule has 2 heterocycles. The molecule has 2 rings (SSSR count). The fraction of sp³-hybridized carbons (Fsp3) is 0.941. The van der Waals surface area contributed by atoms with E-state index in [1.165, 1.54) is 0 Å². The van der Waals surface area contributed by atoms with Crippen molar-refractivity contribution in [3.8, 4) is 0 Å². The summed E-state index contributed by atoms with van der Waals surface area (Å²) in [6, 6.07) is 0. The van der Waals surface area contributed by atoms with Crippen LogP contribution in [-0.2, 0) is 18.9 Å². The van der Waals surface area contributed by atoms with Gasteiger partial charge < -0.3 is 29.2 Å². The second-order valence-corrected chi connectivity index (χ2v) is 6.10. The van der Waals surface area contributed by atoms with E-state index in [0.29, 0.717) is 19.8 Å². The van der Waals surface area contributed by atoms with Gasteiger partial charge in [0.1, 0.15) is 6.10 Å². The highest BCUT2D eigenvalue weighted by Gasteiger charge is 2.32. The molecule has 2 atom stereocenters. The molecule has 2 fully saturated rings. The lowest BCUT2D eigenvalue weighted by Gasteiger charge is -2.37.